The lowest BCUT2D eigenvalue weighted by atomic mass is 10.1. The van der Waals surface area contributed by atoms with E-state index in [9.17, 15) is 0 Å². The van der Waals surface area contributed by atoms with Crippen molar-refractivity contribution in [2.75, 3.05) is 0 Å². The molecule has 0 radical (unpaired) electrons. The molecular weight excluding hydrogens is 174 g/mol. The predicted octanol–water partition coefficient (Wildman–Crippen LogP) is 2.76. The largest absolute Gasteiger partial charge is 0.489 e. The molecule has 0 N–H and O–H groups in total. The van der Waals surface area contributed by atoms with Crippen molar-refractivity contribution in [3.63, 3.8) is 0 Å². The molecule has 0 heterocycles. The van der Waals surface area contributed by atoms with Gasteiger partial charge in [0.15, 0.2) is 0 Å². The van der Waals surface area contributed by atoms with Crippen LogP contribution in [0, 0.1) is 17.2 Å². The maximum absolute atomic E-state index is 8.88. The molecule has 0 amide bonds. The van der Waals surface area contributed by atoms with Crippen LogP contribution in [0.25, 0.3) is 0 Å². The molecule has 2 heteroatoms. The van der Waals surface area contributed by atoms with Gasteiger partial charge in [0, 0.05) is 0 Å². The van der Waals surface area contributed by atoms with Crippen molar-refractivity contribution in [2.45, 2.75) is 25.4 Å². The molecule has 14 heavy (non-hydrogen) atoms. The normalized spacial score (nSPS) is 25.6. The summed E-state index contributed by atoms with van der Waals surface area (Å²) >= 11 is 0. The Morgan fingerprint density at radius 2 is 2.00 bits per heavy atom. The molecule has 2 nitrogen and oxygen atoms in total. The zero-order chi connectivity index (χ0) is 9.80. The van der Waals surface area contributed by atoms with Crippen molar-refractivity contribution in [1.29, 1.82) is 5.26 Å². The fourth-order valence-electron chi connectivity index (χ4n) is 1.89. The highest BCUT2D eigenvalue weighted by Crippen LogP contribution is 2.28. The third kappa shape index (κ3) is 1.88. The summed E-state index contributed by atoms with van der Waals surface area (Å²) in [6, 6.07) is 12.0. The summed E-state index contributed by atoms with van der Waals surface area (Å²) in [4.78, 5) is 0. The molecule has 72 valence electrons. The second-order valence-corrected chi connectivity index (χ2v) is 3.64. The van der Waals surface area contributed by atoms with Gasteiger partial charge in [-0.1, -0.05) is 18.2 Å². The van der Waals surface area contributed by atoms with Crippen molar-refractivity contribution >= 4 is 0 Å². The molecule has 1 aliphatic carbocycles. The van der Waals surface area contributed by atoms with E-state index in [2.05, 4.69) is 6.07 Å². The lowest BCUT2D eigenvalue weighted by molar-refractivity contribution is 0.182. The quantitative estimate of drug-likeness (QED) is 0.713. The lowest BCUT2D eigenvalue weighted by Crippen LogP contribution is -2.19. The van der Waals surface area contributed by atoms with Crippen LogP contribution >= 0.6 is 0 Å². The maximum atomic E-state index is 8.88. The Morgan fingerprint density at radius 3 is 2.71 bits per heavy atom. The van der Waals surface area contributed by atoms with Gasteiger partial charge in [0.2, 0.25) is 0 Å². The first-order chi connectivity index (χ1) is 6.90. The van der Waals surface area contributed by atoms with Gasteiger partial charge in [-0.05, 0) is 31.4 Å². The van der Waals surface area contributed by atoms with Gasteiger partial charge in [-0.15, -0.1) is 0 Å². The minimum absolute atomic E-state index is 0.0789. The summed E-state index contributed by atoms with van der Waals surface area (Å²) in [7, 11) is 0. The van der Waals surface area contributed by atoms with Crippen LogP contribution in [0.1, 0.15) is 19.3 Å². The summed E-state index contributed by atoms with van der Waals surface area (Å²) < 4.78 is 5.76. The number of hydrogen-bond donors (Lipinski definition) is 0. The first-order valence-corrected chi connectivity index (χ1v) is 5.01. The van der Waals surface area contributed by atoms with Crippen LogP contribution in [0.4, 0.5) is 0 Å². The number of benzene rings is 1. The molecule has 0 bridgehead atoms. The average Bonchev–Trinajstić information content (AvgIpc) is 2.67. The molecule has 0 aromatic heterocycles. The van der Waals surface area contributed by atoms with Crippen LogP contribution < -0.4 is 4.74 Å². The van der Waals surface area contributed by atoms with E-state index < -0.39 is 0 Å². The second-order valence-electron chi connectivity index (χ2n) is 3.64. The summed E-state index contributed by atoms with van der Waals surface area (Å²) in [6.45, 7) is 0. The first-order valence-electron chi connectivity index (χ1n) is 5.01. The minimum Gasteiger partial charge on any atom is -0.489 e. The van der Waals surface area contributed by atoms with Crippen LogP contribution in [0.15, 0.2) is 30.3 Å². The van der Waals surface area contributed by atoms with Gasteiger partial charge < -0.3 is 4.74 Å². The third-order valence-electron chi connectivity index (χ3n) is 2.65. The molecule has 2 rings (SSSR count). The summed E-state index contributed by atoms with van der Waals surface area (Å²) in [5.74, 6) is 0.954. The molecule has 1 aromatic rings. The lowest BCUT2D eigenvalue weighted by Gasteiger charge is -2.15. The Balaban J connectivity index is 2.01. The van der Waals surface area contributed by atoms with Gasteiger partial charge in [-0.3, -0.25) is 0 Å². The fourth-order valence-corrected chi connectivity index (χ4v) is 1.89. The molecule has 1 aromatic carbocycles. The van der Waals surface area contributed by atoms with Gasteiger partial charge >= 0.3 is 0 Å². The van der Waals surface area contributed by atoms with Crippen molar-refractivity contribution in [2.24, 2.45) is 5.92 Å². The highest BCUT2D eigenvalue weighted by Gasteiger charge is 2.28. The van der Waals surface area contributed by atoms with E-state index in [0.29, 0.717) is 0 Å². The van der Waals surface area contributed by atoms with E-state index in [-0.39, 0.29) is 12.0 Å². The number of rotatable bonds is 2. The van der Waals surface area contributed by atoms with Crippen molar-refractivity contribution in [3.8, 4) is 11.8 Å². The predicted molar refractivity (Wildman–Crippen MR) is 53.8 cm³/mol. The molecule has 1 saturated carbocycles. The number of ether oxygens (including phenoxy) is 1. The average molecular weight is 187 g/mol. The maximum Gasteiger partial charge on any atom is 0.119 e. The standard InChI is InChI=1S/C12H13NO/c13-9-10-5-4-8-12(10)14-11-6-2-1-3-7-11/h1-3,6-7,10,12H,4-5,8H2. The molecular formula is C12H13NO. The van der Waals surface area contributed by atoms with E-state index in [1.165, 1.54) is 0 Å². The zero-order valence-electron chi connectivity index (χ0n) is 8.02. The van der Waals surface area contributed by atoms with Gasteiger partial charge in [-0.2, -0.15) is 5.26 Å². The van der Waals surface area contributed by atoms with Gasteiger partial charge in [0.05, 0.1) is 12.0 Å². The number of nitrogens with zero attached hydrogens (tertiary/aromatic N) is 1. The van der Waals surface area contributed by atoms with E-state index in [1.54, 1.807) is 0 Å². The van der Waals surface area contributed by atoms with Crippen LogP contribution in [0.2, 0.25) is 0 Å². The number of para-hydroxylation sites is 1. The topological polar surface area (TPSA) is 33.0 Å². The van der Waals surface area contributed by atoms with Crippen molar-refractivity contribution in [3.05, 3.63) is 30.3 Å². The second kappa shape index (κ2) is 4.15. The Bertz CT molecular complexity index is 328. The molecule has 1 fully saturated rings. The van der Waals surface area contributed by atoms with Crippen LogP contribution in [-0.2, 0) is 0 Å². The molecule has 0 spiro atoms. The number of nitriles is 1. The highest BCUT2D eigenvalue weighted by atomic mass is 16.5. The van der Waals surface area contributed by atoms with E-state index in [1.807, 2.05) is 30.3 Å². The van der Waals surface area contributed by atoms with Crippen LogP contribution in [0.3, 0.4) is 0 Å². The van der Waals surface area contributed by atoms with Gasteiger partial charge in [0.25, 0.3) is 0 Å². The van der Waals surface area contributed by atoms with Crippen molar-refractivity contribution < 1.29 is 4.74 Å². The monoisotopic (exact) mass is 187 g/mol. The fraction of sp³-hybridized carbons (Fsp3) is 0.417. The molecule has 0 saturated heterocycles. The van der Waals surface area contributed by atoms with E-state index >= 15 is 0 Å². The molecule has 1 aliphatic rings. The number of hydrogen-bond acceptors (Lipinski definition) is 2. The Morgan fingerprint density at radius 1 is 1.21 bits per heavy atom. The Kier molecular flexibility index (Phi) is 2.69. The third-order valence-corrected chi connectivity index (χ3v) is 2.65. The molecule has 2 atom stereocenters. The van der Waals surface area contributed by atoms with Crippen LogP contribution in [-0.4, -0.2) is 6.10 Å². The first kappa shape index (κ1) is 9.08. The molecule has 2 unspecified atom stereocenters. The minimum atomic E-state index is 0.0789. The zero-order valence-corrected chi connectivity index (χ0v) is 8.02. The SMILES string of the molecule is N#CC1CCCC1Oc1ccccc1. The van der Waals surface area contributed by atoms with Gasteiger partial charge in [-0.25, -0.2) is 0 Å². The summed E-state index contributed by atoms with van der Waals surface area (Å²) in [5, 5.41) is 8.88. The van der Waals surface area contributed by atoms with E-state index in [0.717, 1.165) is 25.0 Å². The molecule has 0 aliphatic heterocycles. The Hall–Kier alpha value is -1.49. The van der Waals surface area contributed by atoms with E-state index in [4.69, 9.17) is 10.00 Å². The Labute approximate surface area is 84.1 Å². The smallest absolute Gasteiger partial charge is 0.119 e. The van der Waals surface area contributed by atoms with Crippen LogP contribution in [0.5, 0.6) is 5.75 Å². The van der Waals surface area contributed by atoms with Crippen molar-refractivity contribution in [1.82, 2.24) is 0 Å². The van der Waals surface area contributed by atoms with Gasteiger partial charge in [0.1, 0.15) is 11.9 Å². The summed E-state index contributed by atoms with van der Waals surface area (Å²) in [6.07, 6.45) is 3.19. The summed E-state index contributed by atoms with van der Waals surface area (Å²) in [5.41, 5.74) is 0. The highest BCUT2D eigenvalue weighted by molar-refractivity contribution is 5.21.